The summed E-state index contributed by atoms with van der Waals surface area (Å²) in [6, 6.07) is 9.38. The highest BCUT2D eigenvalue weighted by Crippen LogP contribution is 2.37. The molecule has 2 aliphatic rings. The SMILES string of the molecule is CCN(C1CCCCC1)C1Cc2ccccc2C1O. The van der Waals surface area contributed by atoms with Gasteiger partial charge in [0, 0.05) is 12.1 Å². The Balaban J connectivity index is 1.78. The van der Waals surface area contributed by atoms with E-state index in [-0.39, 0.29) is 6.10 Å². The molecule has 19 heavy (non-hydrogen) atoms. The zero-order chi connectivity index (χ0) is 13.2. The number of aliphatic hydroxyl groups is 1. The summed E-state index contributed by atoms with van der Waals surface area (Å²) in [6.45, 7) is 3.30. The summed E-state index contributed by atoms with van der Waals surface area (Å²) in [4.78, 5) is 2.57. The molecule has 1 saturated carbocycles. The van der Waals surface area contributed by atoms with Crippen LogP contribution in [0.4, 0.5) is 0 Å². The summed E-state index contributed by atoms with van der Waals surface area (Å²) < 4.78 is 0. The molecule has 0 radical (unpaired) electrons. The Hall–Kier alpha value is -0.860. The predicted octanol–water partition coefficient (Wildman–Crippen LogP) is 3.30. The van der Waals surface area contributed by atoms with E-state index in [4.69, 9.17) is 0 Å². The minimum Gasteiger partial charge on any atom is -0.387 e. The van der Waals surface area contributed by atoms with Gasteiger partial charge in [-0.05, 0) is 36.9 Å². The molecule has 0 heterocycles. The first-order chi connectivity index (χ1) is 9.31. The van der Waals surface area contributed by atoms with Gasteiger partial charge in [0.1, 0.15) is 0 Å². The van der Waals surface area contributed by atoms with Gasteiger partial charge in [-0.3, -0.25) is 4.90 Å². The van der Waals surface area contributed by atoms with Gasteiger partial charge in [-0.15, -0.1) is 0 Å². The minimum absolute atomic E-state index is 0.293. The quantitative estimate of drug-likeness (QED) is 0.900. The highest BCUT2D eigenvalue weighted by atomic mass is 16.3. The number of benzene rings is 1. The molecule has 2 nitrogen and oxygen atoms in total. The first-order valence-corrected chi connectivity index (χ1v) is 7.83. The Bertz CT molecular complexity index is 425. The molecule has 2 unspecified atom stereocenters. The van der Waals surface area contributed by atoms with Crippen molar-refractivity contribution in [1.29, 1.82) is 0 Å². The number of hydrogen-bond acceptors (Lipinski definition) is 2. The van der Waals surface area contributed by atoms with E-state index >= 15 is 0 Å². The van der Waals surface area contributed by atoms with Crippen molar-refractivity contribution in [3.05, 3.63) is 35.4 Å². The molecule has 0 spiro atoms. The van der Waals surface area contributed by atoms with Crippen molar-refractivity contribution in [3.8, 4) is 0 Å². The van der Waals surface area contributed by atoms with Gasteiger partial charge in [-0.1, -0.05) is 50.5 Å². The van der Waals surface area contributed by atoms with Crippen molar-refractivity contribution >= 4 is 0 Å². The van der Waals surface area contributed by atoms with Crippen molar-refractivity contribution in [1.82, 2.24) is 4.90 Å². The third-order valence-electron chi connectivity index (χ3n) is 5.00. The van der Waals surface area contributed by atoms with Crippen molar-refractivity contribution in [2.45, 2.75) is 63.6 Å². The number of rotatable bonds is 3. The Morgan fingerprint density at radius 1 is 1.16 bits per heavy atom. The number of nitrogens with zero attached hydrogens (tertiary/aromatic N) is 1. The highest BCUT2D eigenvalue weighted by molar-refractivity contribution is 5.36. The standard InChI is InChI=1S/C17H25NO/c1-2-18(14-9-4-3-5-10-14)16-12-13-8-6-7-11-15(13)17(16)19/h6-8,11,14,16-17,19H,2-5,9-10,12H2,1H3. The summed E-state index contributed by atoms with van der Waals surface area (Å²) in [7, 11) is 0. The fraction of sp³-hybridized carbons (Fsp3) is 0.647. The van der Waals surface area contributed by atoms with Gasteiger partial charge in [0.25, 0.3) is 0 Å². The maximum absolute atomic E-state index is 10.6. The molecule has 0 aliphatic heterocycles. The average Bonchev–Trinajstić information content (AvgIpc) is 2.79. The van der Waals surface area contributed by atoms with Gasteiger partial charge in [-0.2, -0.15) is 0 Å². The van der Waals surface area contributed by atoms with Crippen LogP contribution in [0.15, 0.2) is 24.3 Å². The Labute approximate surface area is 116 Å². The smallest absolute Gasteiger partial charge is 0.0951 e. The van der Waals surface area contributed by atoms with E-state index in [0.29, 0.717) is 12.1 Å². The van der Waals surface area contributed by atoms with Gasteiger partial charge in [-0.25, -0.2) is 0 Å². The van der Waals surface area contributed by atoms with E-state index in [1.807, 2.05) is 6.07 Å². The van der Waals surface area contributed by atoms with Crippen molar-refractivity contribution < 1.29 is 5.11 Å². The number of likely N-dealkylation sites (N-methyl/N-ethyl adjacent to an activating group) is 1. The van der Waals surface area contributed by atoms with Crippen LogP contribution in [0.25, 0.3) is 0 Å². The summed E-state index contributed by atoms with van der Waals surface area (Å²) >= 11 is 0. The van der Waals surface area contributed by atoms with Crippen LogP contribution in [-0.2, 0) is 6.42 Å². The maximum atomic E-state index is 10.6. The summed E-state index contributed by atoms with van der Waals surface area (Å²) in [5.41, 5.74) is 2.50. The molecule has 0 saturated heterocycles. The molecule has 104 valence electrons. The molecule has 1 fully saturated rings. The zero-order valence-electron chi connectivity index (χ0n) is 11.9. The molecule has 2 heteroatoms. The molecule has 0 bridgehead atoms. The lowest BCUT2D eigenvalue weighted by atomic mass is 9.92. The van der Waals surface area contributed by atoms with Crippen LogP contribution in [0.5, 0.6) is 0 Å². The first-order valence-electron chi connectivity index (χ1n) is 7.83. The van der Waals surface area contributed by atoms with Gasteiger partial charge in [0.15, 0.2) is 0 Å². The topological polar surface area (TPSA) is 23.5 Å². The Morgan fingerprint density at radius 2 is 1.89 bits per heavy atom. The summed E-state index contributed by atoms with van der Waals surface area (Å²) in [5.74, 6) is 0. The maximum Gasteiger partial charge on any atom is 0.0951 e. The highest BCUT2D eigenvalue weighted by Gasteiger charge is 2.37. The second-order valence-corrected chi connectivity index (χ2v) is 6.04. The van der Waals surface area contributed by atoms with Crippen LogP contribution in [0.3, 0.4) is 0 Å². The lowest BCUT2D eigenvalue weighted by molar-refractivity contribution is 0.0260. The third kappa shape index (κ3) is 2.44. The van der Waals surface area contributed by atoms with Gasteiger partial charge < -0.3 is 5.11 Å². The summed E-state index contributed by atoms with van der Waals surface area (Å²) in [5, 5.41) is 10.6. The molecule has 3 rings (SSSR count). The number of fused-ring (bicyclic) bond motifs is 1. The number of aliphatic hydroxyl groups excluding tert-OH is 1. The normalized spacial score (nSPS) is 27.7. The van der Waals surface area contributed by atoms with Crippen LogP contribution in [-0.4, -0.2) is 28.6 Å². The molecule has 1 N–H and O–H groups in total. The predicted molar refractivity (Wildman–Crippen MR) is 78.1 cm³/mol. The summed E-state index contributed by atoms with van der Waals surface area (Å²) in [6.07, 6.45) is 7.45. The molecule has 0 amide bonds. The van der Waals surface area contributed by atoms with Gasteiger partial charge in [0.2, 0.25) is 0 Å². The van der Waals surface area contributed by atoms with Gasteiger partial charge in [0.05, 0.1) is 6.10 Å². The number of hydrogen-bond donors (Lipinski definition) is 1. The van der Waals surface area contributed by atoms with E-state index in [1.54, 1.807) is 0 Å². The molecule has 0 aromatic heterocycles. The molecule has 1 aromatic carbocycles. The van der Waals surface area contributed by atoms with Crippen LogP contribution >= 0.6 is 0 Å². The fourth-order valence-corrected chi connectivity index (χ4v) is 4.03. The Morgan fingerprint density at radius 3 is 2.58 bits per heavy atom. The van der Waals surface area contributed by atoms with Crippen LogP contribution < -0.4 is 0 Å². The second kappa shape index (κ2) is 5.64. The lowest BCUT2D eigenvalue weighted by Crippen LogP contribution is -2.46. The third-order valence-corrected chi connectivity index (χ3v) is 5.00. The van der Waals surface area contributed by atoms with Crippen LogP contribution in [0.2, 0.25) is 0 Å². The van der Waals surface area contributed by atoms with E-state index in [1.165, 1.54) is 37.7 Å². The van der Waals surface area contributed by atoms with Crippen LogP contribution in [0.1, 0.15) is 56.3 Å². The van der Waals surface area contributed by atoms with Crippen molar-refractivity contribution in [3.63, 3.8) is 0 Å². The largest absolute Gasteiger partial charge is 0.387 e. The van der Waals surface area contributed by atoms with E-state index in [2.05, 4.69) is 30.0 Å². The van der Waals surface area contributed by atoms with Crippen LogP contribution in [0, 0.1) is 0 Å². The molecular formula is C17H25NO. The molecular weight excluding hydrogens is 234 g/mol. The van der Waals surface area contributed by atoms with Crippen molar-refractivity contribution in [2.75, 3.05) is 6.54 Å². The monoisotopic (exact) mass is 259 g/mol. The first kappa shape index (κ1) is 13.1. The van der Waals surface area contributed by atoms with E-state index < -0.39 is 0 Å². The molecule has 2 aliphatic carbocycles. The minimum atomic E-state index is -0.293. The molecule has 1 aromatic rings. The lowest BCUT2D eigenvalue weighted by Gasteiger charge is -2.39. The Kier molecular flexibility index (Phi) is 3.90. The fourth-order valence-electron chi connectivity index (χ4n) is 4.03. The average molecular weight is 259 g/mol. The van der Waals surface area contributed by atoms with Gasteiger partial charge >= 0.3 is 0 Å². The zero-order valence-corrected chi connectivity index (χ0v) is 11.9. The second-order valence-electron chi connectivity index (χ2n) is 6.04. The molecule has 2 atom stereocenters. The van der Waals surface area contributed by atoms with Crippen molar-refractivity contribution in [2.24, 2.45) is 0 Å². The van der Waals surface area contributed by atoms with E-state index in [9.17, 15) is 5.11 Å². The van der Waals surface area contributed by atoms with E-state index in [0.717, 1.165) is 18.5 Å².